The highest BCUT2D eigenvalue weighted by atomic mass is 127. The summed E-state index contributed by atoms with van der Waals surface area (Å²) in [6, 6.07) is 1.89. The zero-order valence-electron chi connectivity index (χ0n) is 10.8. The molecule has 21 heavy (non-hydrogen) atoms. The van der Waals surface area contributed by atoms with Crippen LogP contribution in [0.5, 0.6) is 0 Å². The number of rotatable bonds is 2. The smallest absolute Gasteiger partial charge is 0.250 e. The van der Waals surface area contributed by atoms with Crippen molar-refractivity contribution in [3.05, 3.63) is 40.4 Å². The molecule has 0 saturated heterocycles. The van der Waals surface area contributed by atoms with Crippen LogP contribution in [0.15, 0.2) is 35.3 Å². The van der Waals surface area contributed by atoms with Crippen molar-refractivity contribution >= 4 is 28.2 Å². The van der Waals surface area contributed by atoms with Gasteiger partial charge in [0.25, 0.3) is 5.89 Å². The lowest BCUT2D eigenvalue weighted by molar-refractivity contribution is 0.533. The normalized spacial score (nSPS) is 11.3. The number of halogens is 1. The Hall–Kier alpha value is -2.30. The topological polar surface area (TPSA) is 86.9 Å². The third-order valence-electron chi connectivity index (χ3n) is 2.92. The first kappa shape index (κ1) is 12.4. The Morgan fingerprint density at radius 1 is 1.19 bits per heavy atom. The molecule has 0 fully saturated rings. The highest BCUT2D eigenvalue weighted by Crippen LogP contribution is 2.20. The fraction of sp³-hybridized carbons (Fsp3) is 0.0833. The van der Waals surface area contributed by atoms with Crippen LogP contribution in [0.2, 0.25) is 0 Å². The summed E-state index contributed by atoms with van der Waals surface area (Å²) < 4.78 is 9.68. The Morgan fingerprint density at radius 2 is 2.10 bits per heavy atom. The van der Waals surface area contributed by atoms with Crippen LogP contribution in [0, 0.1) is 10.6 Å². The lowest BCUT2D eigenvalue weighted by atomic mass is 10.4. The van der Waals surface area contributed by atoms with Crippen molar-refractivity contribution in [3.8, 4) is 17.1 Å². The Balaban J connectivity index is 1.82. The molecule has 0 N–H and O–H groups in total. The van der Waals surface area contributed by atoms with Crippen molar-refractivity contribution in [1.82, 2.24) is 34.6 Å². The van der Waals surface area contributed by atoms with Gasteiger partial charge in [-0.25, -0.2) is 14.2 Å². The first-order valence-electron chi connectivity index (χ1n) is 6.06. The average Bonchev–Trinajstić information content (AvgIpc) is 3.16. The zero-order chi connectivity index (χ0) is 14.4. The van der Waals surface area contributed by atoms with Gasteiger partial charge in [-0.15, -0.1) is 10.2 Å². The van der Waals surface area contributed by atoms with Gasteiger partial charge in [0.2, 0.25) is 5.89 Å². The van der Waals surface area contributed by atoms with Gasteiger partial charge in [0.1, 0.15) is 9.39 Å². The van der Waals surface area contributed by atoms with E-state index in [4.69, 9.17) is 4.42 Å². The molecule has 104 valence electrons. The van der Waals surface area contributed by atoms with Gasteiger partial charge in [-0.05, 0) is 28.7 Å². The van der Waals surface area contributed by atoms with Crippen molar-refractivity contribution in [1.29, 1.82) is 0 Å². The van der Waals surface area contributed by atoms with E-state index in [0.717, 1.165) is 20.6 Å². The molecule has 4 heterocycles. The molecule has 0 aliphatic heterocycles. The molecule has 8 nitrogen and oxygen atoms in total. The van der Waals surface area contributed by atoms with Crippen LogP contribution in [0.25, 0.3) is 22.8 Å². The van der Waals surface area contributed by atoms with Crippen molar-refractivity contribution in [2.24, 2.45) is 0 Å². The fourth-order valence-corrected chi connectivity index (χ4v) is 2.36. The van der Waals surface area contributed by atoms with E-state index in [1.807, 2.05) is 18.5 Å². The second kappa shape index (κ2) is 4.62. The Kier molecular flexibility index (Phi) is 2.74. The largest absolute Gasteiger partial charge is 0.421 e. The molecule has 0 radical (unpaired) electrons. The van der Waals surface area contributed by atoms with Crippen molar-refractivity contribution in [2.45, 2.75) is 6.92 Å². The number of nitrogens with zero attached hydrogens (tertiary/aromatic N) is 7. The molecule has 0 spiro atoms. The second-order valence-electron chi connectivity index (χ2n) is 4.35. The minimum Gasteiger partial charge on any atom is -0.421 e. The number of fused-ring (bicyclic) bond motifs is 1. The van der Waals surface area contributed by atoms with E-state index in [-0.39, 0.29) is 0 Å². The molecule has 0 aliphatic rings. The fourth-order valence-electron chi connectivity index (χ4n) is 1.97. The SMILES string of the molecule is Cc1nnc(-c2cnn(-c3cnn4ccc(I)nc34)c2)o1. The summed E-state index contributed by atoms with van der Waals surface area (Å²) >= 11 is 2.16. The molecule has 0 unspecified atom stereocenters. The summed E-state index contributed by atoms with van der Waals surface area (Å²) in [6.07, 6.45) is 7.06. The summed E-state index contributed by atoms with van der Waals surface area (Å²) in [6.45, 7) is 1.75. The van der Waals surface area contributed by atoms with Gasteiger partial charge in [0, 0.05) is 19.3 Å². The van der Waals surface area contributed by atoms with E-state index in [1.54, 1.807) is 28.5 Å². The van der Waals surface area contributed by atoms with E-state index in [2.05, 4.69) is 48.0 Å². The van der Waals surface area contributed by atoms with Crippen molar-refractivity contribution < 1.29 is 4.42 Å². The number of aromatic nitrogens is 7. The van der Waals surface area contributed by atoms with Gasteiger partial charge < -0.3 is 4.42 Å². The van der Waals surface area contributed by atoms with Crippen LogP contribution in [0.3, 0.4) is 0 Å². The van der Waals surface area contributed by atoms with Crippen molar-refractivity contribution in [3.63, 3.8) is 0 Å². The molecule has 0 atom stereocenters. The van der Waals surface area contributed by atoms with Gasteiger partial charge in [-0.2, -0.15) is 10.2 Å². The maximum absolute atomic E-state index is 5.39. The molecule has 0 aromatic carbocycles. The first-order valence-corrected chi connectivity index (χ1v) is 7.14. The number of aryl methyl sites for hydroxylation is 1. The van der Waals surface area contributed by atoms with Gasteiger partial charge >= 0.3 is 0 Å². The Labute approximate surface area is 132 Å². The molecule has 4 aromatic heterocycles. The van der Waals surface area contributed by atoms with Crippen LogP contribution in [0.1, 0.15) is 5.89 Å². The standard InChI is InChI=1S/C12H8IN7O/c1-7-17-18-12(21-7)8-4-14-20(6-8)9-5-15-19-3-2-10(13)16-11(9)19/h2-6H,1H3. The average molecular weight is 393 g/mol. The molecule has 0 saturated carbocycles. The molecule has 4 rings (SSSR count). The molecular weight excluding hydrogens is 385 g/mol. The molecule has 0 bridgehead atoms. The van der Waals surface area contributed by atoms with Crippen molar-refractivity contribution in [2.75, 3.05) is 0 Å². The molecular formula is C12H8IN7O. The third kappa shape index (κ3) is 2.09. The maximum atomic E-state index is 5.39. The highest BCUT2D eigenvalue weighted by molar-refractivity contribution is 14.1. The quantitative estimate of drug-likeness (QED) is 0.382. The van der Waals surface area contributed by atoms with E-state index in [0.29, 0.717) is 11.8 Å². The van der Waals surface area contributed by atoms with Gasteiger partial charge in [-0.1, -0.05) is 0 Å². The van der Waals surface area contributed by atoms with E-state index in [1.165, 1.54) is 0 Å². The summed E-state index contributed by atoms with van der Waals surface area (Å²) in [5, 5.41) is 16.4. The van der Waals surface area contributed by atoms with Crippen LogP contribution in [-0.4, -0.2) is 34.6 Å². The maximum Gasteiger partial charge on any atom is 0.250 e. The monoisotopic (exact) mass is 393 g/mol. The summed E-state index contributed by atoms with van der Waals surface area (Å²) in [7, 11) is 0. The number of hydrogen-bond acceptors (Lipinski definition) is 6. The molecule has 9 heteroatoms. The minimum absolute atomic E-state index is 0.442. The van der Waals surface area contributed by atoms with E-state index >= 15 is 0 Å². The van der Waals surface area contributed by atoms with Crippen LogP contribution in [0.4, 0.5) is 0 Å². The van der Waals surface area contributed by atoms with Gasteiger partial charge in [0.15, 0.2) is 5.65 Å². The predicted molar refractivity (Wildman–Crippen MR) is 80.9 cm³/mol. The second-order valence-corrected chi connectivity index (χ2v) is 5.45. The van der Waals surface area contributed by atoms with Gasteiger partial charge in [0.05, 0.1) is 18.0 Å². The van der Waals surface area contributed by atoms with Gasteiger partial charge in [-0.3, -0.25) is 0 Å². The summed E-state index contributed by atoms with van der Waals surface area (Å²) in [5.74, 6) is 0.961. The lowest BCUT2D eigenvalue weighted by Gasteiger charge is -1.98. The molecule has 0 aliphatic carbocycles. The number of hydrogen-bond donors (Lipinski definition) is 0. The first-order chi connectivity index (χ1) is 10.2. The van der Waals surface area contributed by atoms with E-state index in [9.17, 15) is 0 Å². The van der Waals surface area contributed by atoms with E-state index < -0.39 is 0 Å². The minimum atomic E-state index is 0.442. The molecule has 4 aromatic rings. The van der Waals surface area contributed by atoms with Crippen LogP contribution >= 0.6 is 22.6 Å². The third-order valence-corrected chi connectivity index (χ3v) is 3.52. The summed E-state index contributed by atoms with van der Waals surface area (Å²) in [5.41, 5.74) is 2.27. The zero-order valence-corrected chi connectivity index (χ0v) is 13.0. The Bertz CT molecular complexity index is 938. The predicted octanol–water partition coefficient (Wildman–Crippen LogP) is 1.88. The molecule has 0 amide bonds. The summed E-state index contributed by atoms with van der Waals surface area (Å²) in [4.78, 5) is 4.47. The highest BCUT2D eigenvalue weighted by Gasteiger charge is 2.13. The Morgan fingerprint density at radius 3 is 2.90 bits per heavy atom. The van der Waals surface area contributed by atoms with Crippen LogP contribution in [-0.2, 0) is 0 Å². The lowest BCUT2D eigenvalue weighted by Crippen LogP contribution is -1.97. The van der Waals surface area contributed by atoms with Crippen LogP contribution < -0.4 is 0 Å².